The average Bonchev–Trinajstić information content (AvgIpc) is 3.12. The number of thiazole rings is 1. The van der Waals surface area contributed by atoms with E-state index in [1.165, 1.54) is 33.9 Å². The summed E-state index contributed by atoms with van der Waals surface area (Å²) < 4.78 is 31.8. The van der Waals surface area contributed by atoms with Crippen LogP contribution in [-0.4, -0.2) is 49.3 Å². The number of esters is 1. The lowest BCUT2D eigenvalue weighted by Crippen LogP contribution is -2.31. The van der Waals surface area contributed by atoms with Gasteiger partial charge < -0.3 is 10.1 Å². The van der Waals surface area contributed by atoms with Crippen LogP contribution in [0.3, 0.4) is 0 Å². The summed E-state index contributed by atoms with van der Waals surface area (Å²) in [6, 6.07) is 4.63. The monoisotopic (exact) mass is 451 g/mol. The quantitative estimate of drug-likeness (QED) is 0.464. The predicted octanol–water partition coefficient (Wildman–Crippen LogP) is 2.99. The highest BCUT2D eigenvalue weighted by Gasteiger charge is 2.24. The first-order valence-corrected chi connectivity index (χ1v) is 11.7. The van der Waals surface area contributed by atoms with Crippen LogP contribution in [0.5, 0.6) is 0 Å². The van der Waals surface area contributed by atoms with E-state index in [2.05, 4.69) is 10.3 Å². The number of hydrogen-bond donors (Lipinski definition) is 1. The summed E-state index contributed by atoms with van der Waals surface area (Å²) in [7, 11) is -3.67. The Morgan fingerprint density at radius 1 is 1.23 bits per heavy atom. The molecule has 8 nitrogen and oxygen atoms in total. The number of nitrogens with one attached hydrogen (secondary N) is 1. The summed E-state index contributed by atoms with van der Waals surface area (Å²) in [5.74, 6) is -1.25. The molecule has 10 heteroatoms. The SMILES string of the molecule is CCN(CC)S(=O)(=O)c1cc(NC(=O)COC(=O)/C=C/c2csc(C)n2)ccc1C. The Morgan fingerprint density at radius 2 is 1.93 bits per heavy atom. The molecule has 0 fully saturated rings. The van der Waals surface area contributed by atoms with Crippen molar-refractivity contribution in [3.8, 4) is 0 Å². The lowest BCUT2D eigenvalue weighted by molar-refractivity contribution is -0.142. The number of nitrogens with zero attached hydrogens (tertiary/aromatic N) is 2. The van der Waals surface area contributed by atoms with Gasteiger partial charge in [-0.25, -0.2) is 18.2 Å². The van der Waals surface area contributed by atoms with E-state index in [4.69, 9.17) is 4.74 Å². The second-order valence-corrected chi connectivity index (χ2v) is 9.32. The van der Waals surface area contributed by atoms with Gasteiger partial charge in [0.15, 0.2) is 6.61 Å². The zero-order chi connectivity index (χ0) is 22.3. The Hall–Kier alpha value is -2.56. The molecule has 0 saturated carbocycles. The van der Waals surface area contributed by atoms with Crippen molar-refractivity contribution >= 4 is 45.0 Å². The molecule has 2 aromatic rings. The summed E-state index contributed by atoms with van der Waals surface area (Å²) >= 11 is 1.46. The molecule has 0 radical (unpaired) electrons. The summed E-state index contributed by atoms with van der Waals surface area (Å²) in [5.41, 5.74) is 1.52. The van der Waals surface area contributed by atoms with Crippen molar-refractivity contribution in [1.29, 1.82) is 0 Å². The molecule has 1 heterocycles. The lowest BCUT2D eigenvalue weighted by atomic mass is 10.2. The zero-order valence-corrected chi connectivity index (χ0v) is 19.0. The van der Waals surface area contributed by atoms with Gasteiger partial charge in [-0.3, -0.25) is 4.79 Å². The second-order valence-electron chi connectivity index (χ2n) is 6.35. The Bertz CT molecular complexity index is 1040. The van der Waals surface area contributed by atoms with Crippen LogP contribution < -0.4 is 5.32 Å². The molecule has 1 amide bonds. The highest BCUT2D eigenvalue weighted by atomic mass is 32.2. The van der Waals surface area contributed by atoms with Crippen LogP contribution in [0.2, 0.25) is 0 Å². The Labute approximate surface area is 180 Å². The predicted molar refractivity (Wildman–Crippen MR) is 117 cm³/mol. The highest BCUT2D eigenvalue weighted by molar-refractivity contribution is 7.89. The van der Waals surface area contributed by atoms with Crippen molar-refractivity contribution < 1.29 is 22.7 Å². The maximum absolute atomic E-state index is 12.8. The Kier molecular flexibility index (Phi) is 8.27. The van der Waals surface area contributed by atoms with Crippen LogP contribution in [0.25, 0.3) is 6.08 Å². The van der Waals surface area contributed by atoms with E-state index in [0.717, 1.165) is 5.01 Å². The molecule has 0 aliphatic rings. The van der Waals surface area contributed by atoms with E-state index in [-0.39, 0.29) is 4.90 Å². The topological polar surface area (TPSA) is 106 Å². The zero-order valence-electron chi connectivity index (χ0n) is 17.3. The fraction of sp³-hybridized carbons (Fsp3) is 0.350. The molecule has 0 spiro atoms. The van der Waals surface area contributed by atoms with E-state index in [0.29, 0.717) is 30.0 Å². The molecule has 0 unspecified atom stereocenters. The van der Waals surface area contributed by atoms with Gasteiger partial charge in [0.05, 0.1) is 15.6 Å². The molecule has 30 heavy (non-hydrogen) atoms. The van der Waals surface area contributed by atoms with Crippen molar-refractivity contribution in [2.45, 2.75) is 32.6 Å². The molecular formula is C20H25N3O5S2. The number of ether oxygens (including phenoxy) is 1. The van der Waals surface area contributed by atoms with Gasteiger partial charge in [0, 0.05) is 30.2 Å². The first kappa shape index (κ1) is 23.7. The summed E-state index contributed by atoms with van der Waals surface area (Å²) in [6.07, 6.45) is 2.70. The molecule has 2 rings (SSSR count). The fourth-order valence-corrected chi connectivity index (χ4v) is 4.94. The van der Waals surface area contributed by atoms with Gasteiger partial charge in [-0.2, -0.15) is 4.31 Å². The number of rotatable bonds is 9. The molecule has 1 aromatic heterocycles. The maximum Gasteiger partial charge on any atom is 0.331 e. The number of aromatic nitrogens is 1. The molecule has 0 bridgehead atoms. The largest absolute Gasteiger partial charge is 0.452 e. The van der Waals surface area contributed by atoms with Crippen LogP contribution in [0.4, 0.5) is 5.69 Å². The number of sulfonamides is 1. The van der Waals surface area contributed by atoms with Crippen molar-refractivity contribution in [2.24, 2.45) is 0 Å². The number of benzene rings is 1. The first-order valence-electron chi connectivity index (χ1n) is 9.35. The normalized spacial score (nSPS) is 11.8. The second kappa shape index (κ2) is 10.5. The van der Waals surface area contributed by atoms with Crippen LogP contribution in [0.15, 0.2) is 34.6 Å². The van der Waals surface area contributed by atoms with E-state index in [1.807, 2.05) is 6.92 Å². The van der Waals surface area contributed by atoms with Crippen molar-refractivity contribution in [3.63, 3.8) is 0 Å². The number of hydrogen-bond acceptors (Lipinski definition) is 7. The molecule has 0 atom stereocenters. The van der Waals surface area contributed by atoms with Gasteiger partial charge in [0.1, 0.15) is 0 Å². The van der Waals surface area contributed by atoms with Gasteiger partial charge in [-0.1, -0.05) is 19.9 Å². The van der Waals surface area contributed by atoms with Crippen LogP contribution >= 0.6 is 11.3 Å². The van der Waals surface area contributed by atoms with Gasteiger partial charge >= 0.3 is 5.97 Å². The van der Waals surface area contributed by atoms with E-state index < -0.39 is 28.5 Å². The first-order chi connectivity index (χ1) is 14.2. The minimum absolute atomic E-state index is 0.127. The molecule has 1 aromatic carbocycles. The molecular weight excluding hydrogens is 426 g/mol. The molecule has 1 N–H and O–H groups in total. The average molecular weight is 452 g/mol. The third-order valence-electron chi connectivity index (χ3n) is 4.17. The minimum Gasteiger partial charge on any atom is -0.452 e. The summed E-state index contributed by atoms with van der Waals surface area (Å²) in [6.45, 7) is 7.28. The van der Waals surface area contributed by atoms with Gasteiger partial charge in [0.2, 0.25) is 10.0 Å². The van der Waals surface area contributed by atoms with Crippen molar-refractivity contribution in [3.05, 3.63) is 45.9 Å². The number of carbonyl (C=O) groups is 2. The molecule has 0 aliphatic carbocycles. The van der Waals surface area contributed by atoms with Crippen LogP contribution in [-0.2, 0) is 24.3 Å². The fourth-order valence-electron chi connectivity index (χ4n) is 2.65. The number of carbonyl (C=O) groups excluding carboxylic acids is 2. The van der Waals surface area contributed by atoms with Crippen LogP contribution in [0, 0.1) is 13.8 Å². The molecule has 0 aliphatic heterocycles. The lowest BCUT2D eigenvalue weighted by Gasteiger charge is -2.20. The number of anilines is 1. The number of amides is 1. The standard InChI is InChI=1S/C20H25N3O5S2/c1-5-23(6-2)30(26,27)18-11-16(8-7-14(18)3)22-19(24)12-28-20(25)10-9-17-13-29-15(4)21-17/h7-11,13H,5-6,12H2,1-4H3,(H,22,24)/b10-9+. The Balaban J connectivity index is 2.00. The third kappa shape index (κ3) is 6.22. The third-order valence-corrected chi connectivity index (χ3v) is 7.15. The van der Waals surface area contributed by atoms with Gasteiger partial charge in [-0.05, 0) is 37.6 Å². The van der Waals surface area contributed by atoms with E-state index >= 15 is 0 Å². The number of aryl methyl sites for hydroxylation is 2. The van der Waals surface area contributed by atoms with E-state index in [1.54, 1.807) is 38.3 Å². The van der Waals surface area contributed by atoms with Crippen molar-refractivity contribution in [2.75, 3.05) is 25.0 Å². The molecule has 0 saturated heterocycles. The molecule has 162 valence electrons. The van der Waals surface area contributed by atoms with Gasteiger partial charge in [-0.15, -0.1) is 11.3 Å². The summed E-state index contributed by atoms with van der Waals surface area (Å²) in [5, 5.41) is 5.23. The highest BCUT2D eigenvalue weighted by Crippen LogP contribution is 2.23. The maximum atomic E-state index is 12.8. The van der Waals surface area contributed by atoms with E-state index in [9.17, 15) is 18.0 Å². The van der Waals surface area contributed by atoms with Gasteiger partial charge in [0.25, 0.3) is 5.91 Å². The minimum atomic E-state index is -3.67. The Morgan fingerprint density at radius 3 is 2.53 bits per heavy atom. The smallest absolute Gasteiger partial charge is 0.331 e. The van der Waals surface area contributed by atoms with Crippen LogP contribution in [0.1, 0.15) is 30.1 Å². The van der Waals surface area contributed by atoms with Crippen molar-refractivity contribution in [1.82, 2.24) is 9.29 Å². The summed E-state index contributed by atoms with van der Waals surface area (Å²) in [4.78, 5) is 28.2.